The summed E-state index contributed by atoms with van der Waals surface area (Å²) in [5.74, 6) is -0.492. The third-order valence-electron chi connectivity index (χ3n) is 6.91. The van der Waals surface area contributed by atoms with Gasteiger partial charge in [0.1, 0.15) is 11.2 Å². The van der Waals surface area contributed by atoms with E-state index in [0.717, 1.165) is 64.5 Å². The molecule has 1 saturated heterocycles. The number of fused-ring (bicyclic) bond motifs is 1. The first kappa shape index (κ1) is 20.9. The molecule has 4 rings (SSSR count). The Bertz CT molecular complexity index is 821. The SMILES string of the molecule is CCN1C(=O)c2cc(C(=O)N3CCCCCC3)nn2CC1(C)C(=O)NC1CCCC1. The maximum atomic E-state index is 13.2. The Morgan fingerprint density at radius 1 is 1.13 bits per heavy atom. The molecule has 2 aliphatic heterocycles. The summed E-state index contributed by atoms with van der Waals surface area (Å²) < 4.78 is 1.56. The smallest absolute Gasteiger partial charge is 0.274 e. The zero-order chi connectivity index (χ0) is 21.3. The van der Waals surface area contributed by atoms with Gasteiger partial charge in [-0.2, -0.15) is 5.10 Å². The standard InChI is InChI=1S/C22H33N5O3/c1-3-26-20(29)18-14-17(19(28)25-12-8-4-5-9-13-25)24-27(18)15-22(26,2)21(30)23-16-10-6-7-11-16/h14,16H,3-13,15H2,1-2H3,(H,23,30). The Kier molecular flexibility index (Phi) is 5.84. The highest BCUT2D eigenvalue weighted by Gasteiger charge is 2.48. The molecule has 164 valence electrons. The van der Waals surface area contributed by atoms with Gasteiger partial charge in [0.2, 0.25) is 5.91 Å². The molecule has 3 amide bonds. The van der Waals surface area contributed by atoms with E-state index in [4.69, 9.17) is 0 Å². The van der Waals surface area contributed by atoms with Crippen molar-refractivity contribution in [3.8, 4) is 0 Å². The van der Waals surface area contributed by atoms with E-state index in [1.165, 1.54) is 0 Å². The van der Waals surface area contributed by atoms with Gasteiger partial charge in [0.05, 0.1) is 6.54 Å². The van der Waals surface area contributed by atoms with Gasteiger partial charge < -0.3 is 15.1 Å². The van der Waals surface area contributed by atoms with Crippen LogP contribution in [0.4, 0.5) is 0 Å². The molecule has 2 fully saturated rings. The van der Waals surface area contributed by atoms with Gasteiger partial charge in [0.15, 0.2) is 5.69 Å². The van der Waals surface area contributed by atoms with Crippen LogP contribution >= 0.6 is 0 Å². The topological polar surface area (TPSA) is 87.5 Å². The second kappa shape index (κ2) is 8.40. The molecule has 1 unspecified atom stereocenters. The lowest BCUT2D eigenvalue weighted by Gasteiger charge is -2.43. The maximum Gasteiger partial charge on any atom is 0.274 e. The predicted octanol–water partition coefficient (Wildman–Crippen LogP) is 2.19. The van der Waals surface area contributed by atoms with Crippen molar-refractivity contribution in [2.45, 2.75) is 83.3 Å². The van der Waals surface area contributed by atoms with Crippen LogP contribution in [-0.4, -0.2) is 68.5 Å². The highest BCUT2D eigenvalue weighted by molar-refractivity contribution is 6.01. The summed E-state index contributed by atoms with van der Waals surface area (Å²) >= 11 is 0. The Balaban J connectivity index is 1.58. The Morgan fingerprint density at radius 3 is 2.43 bits per heavy atom. The van der Waals surface area contributed by atoms with Gasteiger partial charge in [-0.3, -0.25) is 19.1 Å². The molecule has 1 aromatic rings. The molecule has 8 nitrogen and oxygen atoms in total. The van der Waals surface area contributed by atoms with Crippen molar-refractivity contribution < 1.29 is 14.4 Å². The lowest BCUT2D eigenvalue weighted by molar-refractivity contribution is -0.133. The van der Waals surface area contributed by atoms with E-state index in [2.05, 4.69) is 10.4 Å². The molecular formula is C22H33N5O3. The van der Waals surface area contributed by atoms with Crippen LogP contribution in [0.5, 0.6) is 0 Å². The second-order valence-electron chi connectivity index (χ2n) is 9.06. The van der Waals surface area contributed by atoms with Crippen LogP contribution in [0.15, 0.2) is 6.07 Å². The average molecular weight is 416 g/mol. The van der Waals surface area contributed by atoms with Crippen LogP contribution in [0.2, 0.25) is 0 Å². The monoisotopic (exact) mass is 415 g/mol. The predicted molar refractivity (Wildman–Crippen MR) is 112 cm³/mol. The van der Waals surface area contributed by atoms with E-state index >= 15 is 0 Å². The molecule has 8 heteroatoms. The van der Waals surface area contributed by atoms with Crippen LogP contribution < -0.4 is 5.32 Å². The van der Waals surface area contributed by atoms with Crippen molar-refractivity contribution in [1.82, 2.24) is 24.9 Å². The summed E-state index contributed by atoms with van der Waals surface area (Å²) in [6.45, 7) is 5.84. The number of hydrogen-bond acceptors (Lipinski definition) is 4. The third-order valence-corrected chi connectivity index (χ3v) is 6.91. The number of amides is 3. The molecule has 1 atom stereocenters. The van der Waals surface area contributed by atoms with Crippen molar-refractivity contribution in [2.75, 3.05) is 19.6 Å². The van der Waals surface area contributed by atoms with Gasteiger partial charge in [-0.1, -0.05) is 25.7 Å². The van der Waals surface area contributed by atoms with Gasteiger partial charge in [0.25, 0.3) is 11.8 Å². The second-order valence-corrected chi connectivity index (χ2v) is 9.06. The Morgan fingerprint density at radius 2 is 1.80 bits per heavy atom. The number of nitrogens with zero attached hydrogens (tertiary/aromatic N) is 4. The fraction of sp³-hybridized carbons (Fsp3) is 0.727. The highest BCUT2D eigenvalue weighted by atomic mass is 16.2. The number of rotatable bonds is 4. The summed E-state index contributed by atoms with van der Waals surface area (Å²) in [5.41, 5.74) is -0.325. The fourth-order valence-electron chi connectivity index (χ4n) is 5.09. The summed E-state index contributed by atoms with van der Waals surface area (Å²) in [5, 5.41) is 7.63. The number of nitrogens with one attached hydrogen (secondary N) is 1. The van der Waals surface area contributed by atoms with Crippen LogP contribution in [0.1, 0.15) is 86.2 Å². The van der Waals surface area contributed by atoms with Crippen molar-refractivity contribution in [3.63, 3.8) is 0 Å². The molecule has 0 aromatic carbocycles. The molecule has 0 radical (unpaired) electrons. The van der Waals surface area contributed by atoms with Gasteiger partial charge >= 0.3 is 0 Å². The number of carbonyl (C=O) groups is 3. The van der Waals surface area contributed by atoms with E-state index < -0.39 is 5.54 Å². The molecule has 1 aromatic heterocycles. The van der Waals surface area contributed by atoms with E-state index in [9.17, 15) is 14.4 Å². The van der Waals surface area contributed by atoms with Crippen molar-refractivity contribution in [2.24, 2.45) is 0 Å². The minimum absolute atomic E-state index is 0.119. The molecule has 0 bridgehead atoms. The van der Waals surface area contributed by atoms with E-state index in [-0.39, 0.29) is 30.3 Å². The van der Waals surface area contributed by atoms with Gasteiger partial charge in [0, 0.05) is 31.7 Å². The van der Waals surface area contributed by atoms with Crippen molar-refractivity contribution >= 4 is 17.7 Å². The van der Waals surface area contributed by atoms with Gasteiger partial charge in [-0.15, -0.1) is 0 Å². The summed E-state index contributed by atoms with van der Waals surface area (Å²) in [6, 6.07) is 1.79. The van der Waals surface area contributed by atoms with Crippen LogP contribution in [-0.2, 0) is 11.3 Å². The number of hydrogen-bond donors (Lipinski definition) is 1. The fourth-order valence-corrected chi connectivity index (χ4v) is 5.09. The molecule has 1 saturated carbocycles. The number of likely N-dealkylation sites (N-methyl/N-ethyl adjacent to an activating group) is 1. The van der Waals surface area contributed by atoms with Crippen molar-refractivity contribution in [3.05, 3.63) is 17.5 Å². The molecular weight excluding hydrogens is 382 g/mol. The first-order valence-electron chi connectivity index (χ1n) is 11.4. The number of aromatic nitrogens is 2. The van der Waals surface area contributed by atoms with Crippen LogP contribution in [0, 0.1) is 0 Å². The lowest BCUT2D eigenvalue weighted by atomic mass is 9.94. The first-order valence-corrected chi connectivity index (χ1v) is 11.4. The quantitative estimate of drug-likeness (QED) is 0.817. The highest BCUT2D eigenvalue weighted by Crippen LogP contribution is 2.29. The minimum Gasteiger partial charge on any atom is -0.351 e. The molecule has 3 heterocycles. The molecule has 1 aliphatic carbocycles. The number of likely N-dealkylation sites (tertiary alicyclic amines) is 1. The third kappa shape index (κ3) is 3.72. The molecule has 3 aliphatic rings. The lowest BCUT2D eigenvalue weighted by Crippen LogP contribution is -2.64. The molecule has 30 heavy (non-hydrogen) atoms. The minimum atomic E-state index is -1.02. The van der Waals surface area contributed by atoms with Crippen LogP contribution in [0.3, 0.4) is 0 Å². The molecule has 1 N–H and O–H groups in total. The largest absolute Gasteiger partial charge is 0.351 e. The average Bonchev–Trinajstić information content (AvgIpc) is 3.30. The normalized spacial score (nSPS) is 25.2. The summed E-state index contributed by atoms with van der Waals surface area (Å²) in [6.07, 6.45) is 8.52. The Labute approximate surface area is 178 Å². The maximum absolute atomic E-state index is 13.2. The van der Waals surface area contributed by atoms with Gasteiger partial charge in [-0.05, 0) is 39.5 Å². The zero-order valence-corrected chi connectivity index (χ0v) is 18.2. The van der Waals surface area contributed by atoms with E-state index in [0.29, 0.717) is 17.9 Å². The Hall–Kier alpha value is -2.38. The van der Waals surface area contributed by atoms with E-state index in [1.807, 2.05) is 11.8 Å². The zero-order valence-electron chi connectivity index (χ0n) is 18.2. The summed E-state index contributed by atoms with van der Waals surface area (Å²) in [7, 11) is 0. The van der Waals surface area contributed by atoms with Crippen LogP contribution in [0.25, 0.3) is 0 Å². The first-order chi connectivity index (χ1) is 14.4. The molecule has 0 spiro atoms. The van der Waals surface area contributed by atoms with Crippen molar-refractivity contribution in [1.29, 1.82) is 0 Å². The van der Waals surface area contributed by atoms with E-state index in [1.54, 1.807) is 22.6 Å². The number of carbonyl (C=O) groups excluding carboxylic acids is 3. The van der Waals surface area contributed by atoms with Gasteiger partial charge in [-0.25, -0.2) is 0 Å². The summed E-state index contributed by atoms with van der Waals surface area (Å²) in [4.78, 5) is 42.9.